The zero-order chi connectivity index (χ0) is 12.7. The molecule has 4 nitrogen and oxygen atoms in total. The molecule has 2 aliphatic rings. The van der Waals surface area contributed by atoms with E-state index in [-0.39, 0.29) is 11.9 Å². The third-order valence-corrected chi connectivity index (χ3v) is 4.29. The first-order chi connectivity index (χ1) is 8.65. The molecule has 96 valence electrons. The summed E-state index contributed by atoms with van der Waals surface area (Å²) < 4.78 is 0. The zero-order valence-electron chi connectivity index (χ0n) is 10.5. The smallest absolute Gasteiger partial charge is 0.178 e. The van der Waals surface area contributed by atoms with Crippen LogP contribution in [0, 0.1) is 11.8 Å². The lowest BCUT2D eigenvalue weighted by Gasteiger charge is -2.20. The Labute approximate surface area is 107 Å². The van der Waals surface area contributed by atoms with Gasteiger partial charge in [0.2, 0.25) is 0 Å². The predicted octanol–water partition coefficient (Wildman–Crippen LogP) is 1.49. The van der Waals surface area contributed by atoms with Gasteiger partial charge in [0.25, 0.3) is 0 Å². The minimum absolute atomic E-state index is 0.00439. The number of Topliss-reactive ketones (excluding diaryl/α,β-unsaturated/α-hetero) is 1. The average molecular weight is 246 g/mol. The van der Waals surface area contributed by atoms with E-state index in [1.807, 2.05) is 6.07 Å². The van der Waals surface area contributed by atoms with Crippen molar-refractivity contribution in [3.63, 3.8) is 0 Å². The number of nitrogens with zero attached hydrogens (tertiary/aromatic N) is 2. The van der Waals surface area contributed by atoms with E-state index in [0.717, 1.165) is 31.6 Å². The van der Waals surface area contributed by atoms with Gasteiger partial charge in [-0.05, 0) is 30.9 Å². The fourth-order valence-electron chi connectivity index (χ4n) is 3.23. The van der Waals surface area contributed by atoms with Crippen molar-refractivity contribution < 1.29 is 9.90 Å². The Morgan fingerprint density at radius 2 is 2.22 bits per heavy atom. The van der Waals surface area contributed by atoms with Crippen LogP contribution in [0.2, 0.25) is 0 Å². The van der Waals surface area contributed by atoms with Gasteiger partial charge in [0.05, 0.1) is 18.0 Å². The highest BCUT2D eigenvalue weighted by atomic mass is 16.3. The van der Waals surface area contributed by atoms with Gasteiger partial charge in [-0.1, -0.05) is 0 Å². The summed E-state index contributed by atoms with van der Waals surface area (Å²) in [5.41, 5.74) is 1.57. The second-order valence-corrected chi connectivity index (χ2v) is 5.43. The number of anilines is 1. The summed E-state index contributed by atoms with van der Waals surface area (Å²) in [7, 11) is 0. The van der Waals surface area contributed by atoms with Crippen molar-refractivity contribution in [2.45, 2.75) is 25.9 Å². The van der Waals surface area contributed by atoms with E-state index in [0.29, 0.717) is 17.5 Å². The fourth-order valence-corrected chi connectivity index (χ4v) is 3.23. The van der Waals surface area contributed by atoms with Crippen molar-refractivity contribution >= 4 is 11.5 Å². The van der Waals surface area contributed by atoms with Gasteiger partial charge in [-0.15, -0.1) is 0 Å². The number of pyridine rings is 1. The third-order valence-electron chi connectivity index (χ3n) is 4.29. The monoisotopic (exact) mass is 246 g/mol. The summed E-state index contributed by atoms with van der Waals surface area (Å²) in [6, 6.07) is 3.74. The zero-order valence-corrected chi connectivity index (χ0v) is 10.5. The van der Waals surface area contributed by atoms with E-state index in [2.05, 4.69) is 9.88 Å². The first kappa shape index (κ1) is 11.7. The summed E-state index contributed by atoms with van der Waals surface area (Å²) in [6.45, 7) is 3.44. The molecule has 1 aromatic rings. The molecule has 1 aliphatic carbocycles. The van der Waals surface area contributed by atoms with Gasteiger partial charge in [-0.25, -0.2) is 0 Å². The molecular formula is C14H18N2O2. The number of ketones is 1. The summed E-state index contributed by atoms with van der Waals surface area (Å²) in [5, 5.41) is 9.89. The van der Waals surface area contributed by atoms with Crippen LogP contribution in [0.4, 0.5) is 5.69 Å². The van der Waals surface area contributed by atoms with Gasteiger partial charge < -0.3 is 10.0 Å². The van der Waals surface area contributed by atoms with Crippen LogP contribution in [-0.4, -0.2) is 35.1 Å². The maximum Gasteiger partial charge on any atom is 0.178 e. The summed E-state index contributed by atoms with van der Waals surface area (Å²) in [6.07, 6.45) is 3.71. The van der Waals surface area contributed by atoms with Crippen LogP contribution in [0.5, 0.6) is 0 Å². The number of hydrogen-bond acceptors (Lipinski definition) is 4. The predicted molar refractivity (Wildman–Crippen MR) is 68.7 cm³/mol. The lowest BCUT2D eigenvalue weighted by Crippen LogP contribution is -2.24. The lowest BCUT2D eigenvalue weighted by molar-refractivity contribution is 0.101. The second kappa shape index (κ2) is 4.35. The van der Waals surface area contributed by atoms with Crippen LogP contribution >= 0.6 is 0 Å². The fraction of sp³-hybridized carbons (Fsp3) is 0.571. The lowest BCUT2D eigenvalue weighted by atomic mass is 10.00. The van der Waals surface area contributed by atoms with Crippen molar-refractivity contribution in [3.05, 3.63) is 24.0 Å². The Bertz CT molecular complexity index is 457. The molecule has 0 radical (unpaired) electrons. The number of aliphatic hydroxyl groups is 1. The standard InChI is InChI=1S/C14H18N2O2/c1-9(17)13-4-3-11(6-15-13)16-7-10-2-5-14(18)12(10)8-16/h3-4,6,10,12,14,18H,2,5,7-8H2,1H3. The van der Waals surface area contributed by atoms with E-state index >= 15 is 0 Å². The van der Waals surface area contributed by atoms with E-state index in [4.69, 9.17) is 0 Å². The summed E-state index contributed by atoms with van der Waals surface area (Å²) in [4.78, 5) is 17.6. The van der Waals surface area contributed by atoms with Gasteiger partial charge in [0, 0.05) is 25.9 Å². The van der Waals surface area contributed by atoms with Crippen molar-refractivity contribution in [1.82, 2.24) is 4.98 Å². The number of rotatable bonds is 2. The first-order valence-electron chi connectivity index (χ1n) is 6.55. The van der Waals surface area contributed by atoms with E-state index in [1.54, 1.807) is 12.3 Å². The molecule has 1 aromatic heterocycles. The number of carbonyl (C=O) groups is 1. The second-order valence-electron chi connectivity index (χ2n) is 5.43. The van der Waals surface area contributed by atoms with Gasteiger partial charge in [0.1, 0.15) is 5.69 Å². The molecule has 1 saturated carbocycles. The number of carbonyl (C=O) groups excluding carboxylic acids is 1. The molecule has 0 spiro atoms. The summed E-state index contributed by atoms with van der Waals surface area (Å²) in [5.74, 6) is 1.03. The summed E-state index contributed by atoms with van der Waals surface area (Å²) >= 11 is 0. The topological polar surface area (TPSA) is 53.4 Å². The molecule has 0 amide bonds. The highest BCUT2D eigenvalue weighted by Gasteiger charge is 2.41. The Hall–Kier alpha value is -1.42. The van der Waals surface area contributed by atoms with Crippen molar-refractivity contribution in [3.8, 4) is 0 Å². The van der Waals surface area contributed by atoms with Crippen molar-refractivity contribution in [1.29, 1.82) is 0 Å². The Kier molecular flexibility index (Phi) is 2.82. The number of fused-ring (bicyclic) bond motifs is 1. The van der Waals surface area contributed by atoms with Gasteiger partial charge in [-0.3, -0.25) is 9.78 Å². The first-order valence-corrected chi connectivity index (χ1v) is 6.55. The molecule has 1 aliphatic heterocycles. The molecular weight excluding hydrogens is 228 g/mol. The quantitative estimate of drug-likeness (QED) is 0.803. The number of hydrogen-bond donors (Lipinski definition) is 1. The molecule has 3 atom stereocenters. The largest absolute Gasteiger partial charge is 0.393 e. The molecule has 3 unspecified atom stereocenters. The highest BCUT2D eigenvalue weighted by Crippen LogP contribution is 2.39. The molecule has 0 aromatic carbocycles. The van der Waals surface area contributed by atoms with Gasteiger partial charge in [-0.2, -0.15) is 0 Å². The van der Waals surface area contributed by atoms with Crippen LogP contribution in [0.25, 0.3) is 0 Å². The highest BCUT2D eigenvalue weighted by molar-refractivity contribution is 5.92. The molecule has 1 saturated heterocycles. The molecule has 1 N–H and O–H groups in total. The molecule has 4 heteroatoms. The van der Waals surface area contributed by atoms with E-state index in [1.165, 1.54) is 6.92 Å². The Morgan fingerprint density at radius 1 is 1.39 bits per heavy atom. The van der Waals surface area contributed by atoms with Crippen LogP contribution in [0.15, 0.2) is 18.3 Å². The van der Waals surface area contributed by atoms with Crippen molar-refractivity contribution in [2.75, 3.05) is 18.0 Å². The minimum atomic E-state index is -0.135. The van der Waals surface area contributed by atoms with E-state index < -0.39 is 0 Å². The molecule has 3 rings (SSSR count). The molecule has 2 heterocycles. The molecule has 2 fully saturated rings. The molecule has 18 heavy (non-hydrogen) atoms. The van der Waals surface area contributed by atoms with Crippen LogP contribution in [-0.2, 0) is 0 Å². The van der Waals surface area contributed by atoms with Crippen LogP contribution < -0.4 is 4.90 Å². The van der Waals surface area contributed by atoms with Crippen LogP contribution in [0.3, 0.4) is 0 Å². The maximum absolute atomic E-state index is 11.2. The Balaban J connectivity index is 1.75. The number of aliphatic hydroxyl groups excluding tert-OH is 1. The minimum Gasteiger partial charge on any atom is -0.393 e. The normalized spacial score (nSPS) is 30.6. The van der Waals surface area contributed by atoms with Crippen molar-refractivity contribution in [2.24, 2.45) is 11.8 Å². The number of aromatic nitrogens is 1. The van der Waals surface area contributed by atoms with Gasteiger partial charge in [0.15, 0.2) is 5.78 Å². The van der Waals surface area contributed by atoms with Gasteiger partial charge >= 0.3 is 0 Å². The van der Waals surface area contributed by atoms with Crippen LogP contribution in [0.1, 0.15) is 30.3 Å². The average Bonchev–Trinajstić information content (AvgIpc) is 2.92. The maximum atomic E-state index is 11.2. The molecule has 0 bridgehead atoms. The SMILES string of the molecule is CC(=O)c1ccc(N2CC3CCC(O)C3C2)cn1. The Morgan fingerprint density at radius 3 is 2.83 bits per heavy atom. The third kappa shape index (κ3) is 1.90. The van der Waals surface area contributed by atoms with E-state index in [9.17, 15) is 9.90 Å².